The van der Waals surface area contributed by atoms with Crippen molar-refractivity contribution in [3.05, 3.63) is 27.2 Å². The Morgan fingerprint density at radius 3 is 1.87 bits per heavy atom. The first-order chi connectivity index (χ1) is 6.91. The summed E-state index contributed by atoms with van der Waals surface area (Å²) in [5, 5.41) is 4.94. The van der Waals surface area contributed by atoms with Crippen LogP contribution in [0.25, 0.3) is 0 Å². The maximum Gasteiger partial charge on any atom is 0.0722 e. The van der Waals surface area contributed by atoms with Gasteiger partial charge in [0, 0.05) is 11.1 Å². The molecule has 1 aromatic rings. The van der Waals surface area contributed by atoms with E-state index in [9.17, 15) is 0 Å². The Bertz CT molecular complexity index is 327. The molecule has 1 atom stereocenters. The lowest BCUT2D eigenvalue weighted by molar-refractivity contribution is 0.560. The number of halogens is 3. The van der Waals surface area contributed by atoms with Crippen LogP contribution in [-0.4, -0.2) is 6.04 Å². The topological polar surface area (TPSA) is 12.0 Å². The zero-order valence-electron chi connectivity index (χ0n) is 8.94. The van der Waals surface area contributed by atoms with Gasteiger partial charge in [0.1, 0.15) is 0 Å². The van der Waals surface area contributed by atoms with Crippen LogP contribution < -0.4 is 5.32 Å². The van der Waals surface area contributed by atoms with Gasteiger partial charge in [-0.1, -0.05) is 48.7 Å². The maximum atomic E-state index is 6.05. The van der Waals surface area contributed by atoms with Crippen LogP contribution in [0.4, 0.5) is 5.69 Å². The molecule has 84 valence electrons. The van der Waals surface area contributed by atoms with Crippen molar-refractivity contribution >= 4 is 40.5 Å². The van der Waals surface area contributed by atoms with Crippen molar-refractivity contribution < 1.29 is 0 Å². The fraction of sp³-hybridized carbons (Fsp3) is 0.455. The molecule has 0 bridgehead atoms. The van der Waals surface area contributed by atoms with E-state index in [1.165, 1.54) is 0 Å². The summed E-state index contributed by atoms with van der Waals surface area (Å²) < 4.78 is 0. The summed E-state index contributed by atoms with van der Waals surface area (Å²) in [7, 11) is 0. The summed E-state index contributed by atoms with van der Waals surface area (Å²) in [6.07, 6.45) is 0. The first kappa shape index (κ1) is 13.0. The molecular formula is C11H14Cl3N. The van der Waals surface area contributed by atoms with Crippen LogP contribution in [0.5, 0.6) is 0 Å². The van der Waals surface area contributed by atoms with Gasteiger partial charge in [0.25, 0.3) is 0 Å². The fourth-order valence-electron chi connectivity index (χ4n) is 1.07. The molecule has 1 unspecified atom stereocenters. The fourth-order valence-corrected chi connectivity index (χ4v) is 2.00. The van der Waals surface area contributed by atoms with Crippen LogP contribution in [0.2, 0.25) is 15.1 Å². The van der Waals surface area contributed by atoms with Gasteiger partial charge in [-0.05, 0) is 25.0 Å². The van der Waals surface area contributed by atoms with Crippen LogP contribution in [0.1, 0.15) is 20.8 Å². The Balaban J connectivity index is 2.95. The van der Waals surface area contributed by atoms with E-state index in [0.717, 1.165) is 5.69 Å². The van der Waals surface area contributed by atoms with Crippen LogP contribution in [0.3, 0.4) is 0 Å². The summed E-state index contributed by atoms with van der Waals surface area (Å²) in [6, 6.07) is 3.68. The van der Waals surface area contributed by atoms with Crippen LogP contribution in [-0.2, 0) is 0 Å². The Kier molecular flexibility index (Phi) is 4.57. The van der Waals surface area contributed by atoms with Gasteiger partial charge in [0.05, 0.1) is 15.7 Å². The molecule has 0 amide bonds. The minimum Gasteiger partial charge on any atom is -0.380 e. The third kappa shape index (κ3) is 3.44. The molecule has 0 aliphatic heterocycles. The molecule has 0 radical (unpaired) electrons. The number of anilines is 1. The van der Waals surface area contributed by atoms with Crippen LogP contribution in [0.15, 0.2) is 12.1 Å². The number of nitrogens with one attached hydrogen (secondary N) is 1. The van der Waals surface area contributed by atoms with Gasteiger partial charge in [-0.15, -0.1) is 0 Å². The predicted molar refractivity (Wildman–Crippen MR) is 69.4 cm³/mol. The van der Waals surface area contributed by atoms with Crippen molar-refractivity contribution in [2.24, 2.45) is 5.92 Å². The molecule has 0 fully saturated rings. The Morgan fingerprint density at radius 2 is 1.47 bits per heavy atom. The van der Waals surface area contributed by atoms with Gasteiger partial charge in [-0.3, -0.25) is 0 Å². The highest BCUT2D eigenvalue weighted by atomic mass is 35.5. The van der Waals surface area contributed by atoms with Gasteiger partial charge in [0.15, 0.2) is 0 Å². The molecule has 1 nitrogen and oxygen atoms in total. The number of benzene rings is 1. The number of hydrogen-bond donors (Lipinski definition) is 1. The molecular weight excluding hydrogens is 252 g/mol. The highest BCUT2D eigenvalue weighted by Crippen LogP contribution is 2.34. The van der Waals surface area contributed by atoms with Gasteiger partial charge < -0.3 is 5.32 Å². The first-order valence-electron chi connectivity index (χ1n) is 4.83. The minimum absolute atomic E-state index is 0.307. The molecule has 15 heavy (non-hydrogen) atoms. The molecule has 1 rings (SSSR count). The van der Waals surface area contributed by atoms with E-state index >= 15 is 0 Å². The first-order valence-corrected chi connectivity index (χ1v) is 5.96. The maximum absolute atomic E-state index is 6.05. The zero-order chi connectivity index (χ0) is 11.6. The second-order valence-electron chi connectivity index (χ2n) is 3.92. The number of rotatable bonds is 3. The summed E-state index contributed by atoms with van der Waals surface area (Å²) in [5.74, 6) is 0.507. The van der Waals surface area contributed by atoms with E-state index in [2.05, 4.69) is 26.1 Å². The van der Waals surface area contributed by atoms with Gasteiger partial charge in [-0.25, -0.2) is 0 Å². The molecule has 1 N–H and O–H groups in total. The van der Waals surface area contributed by atoms with Crippen LogP contribution >= 0.6 is 34.8 Å². The normalized spacial score (nSPS) is 13.0. The lowest BCUT2D eigenvalue weighted by Gasteiger charge is -2.20. The van der Waals surface area contributed by atoms with Crippen molar-refractivity contribution in [3.63, 3.8) is 0 Å². The smallest absolute Gasteiger partial charge is 0.0722 e. The van der Waals surface area contributed by atoms with Crippen molar-refractivity contribution in [1.29, 1.82) is 0 Å². The van der Waals surface area contributed by atoms with E-state index in [-0.39, 0.29) is 0 Å². The van der Waals surface area contributed by atoms with Crippen LogP contribution in [0, 0.1) is 5.92 Å². The van der Waals surface area contributed by atoms with E-state index in [1.54, 1.807) is 12.1 Å². The van der Waals surface area contributed by atoms with Crippen molar-refractivity contribution in [3.8, 4) is 0 Å². The van der Waals surface area contributed by atoms with Crippen molar-refractivity contribution in [2.75, 3.05) is 5.32 Å². The van der Waals surface area contributed by atoms with Gasteiger partial charge >= 0.3 is 0 Å². The molecule has 0 aliphatic rings. The Hall–Kier alpha value is -0.110. The average molecular weight is 267 g/mol. The minimum atomic E-state index is 0.307. The second kappa shape index (κ2) is 5.29. The lowest BCUT2D eigenvalue weighted by atomic mass is 10.1. The third-order valence-electron chi connectivity index (χ3n) is 2.38. The molecule has 0 spiro atoms. The predicted octanol–water partition coefficient (Wildman–Crippen LogP) is 5.10. The van der Waals surface area contributed by atoms with Gasteiger partial charge in [-0.2, -0.15) is 0 Å². The van der Waals surface area contributed by atoms with E-state index in [0.29, 0.717) is 27.0 Å². The third-order valence-corrected chi connectivity index (χ3v) is 3.19. The van der Waals surface area contributed by atoms with E-state index in [1.807, 2.05) is 0 Å². The molecule has 0 aromatic heterocycles. The Labute approximate surface area is 106 Å². The summed E-state index contributed by atoms with van der Waals surface area (Å²) in [5.41, 5.74) is 0.754. The SMILES string of the molecule is CC(C)C(C)Nc1c(Cl)cc(Cl)cc1Cl. The molecule has 1 aromatic carbocycles. The highest BCUT2D eigenvalue weighted by molar-refractivity contribution is 6.41. The molecule has 4 heteroatoms. The quantitative estimate of drug-likeness (QED) is 0.802. The summed E-state index contributed by atoms with van der Waals surface area (Å²) >= 11 is 17.9. The second-order valence-corrected chi connectivity index (χ2v) is 5.17. The summed E-state index contributed by atoms with van der Waals surface area (Å²) in [6.45, 7) is 6.36. The van der Waals surface area contributed by atoms with Crippen molar-refractivity contribution in [2.45, 2.75) is 26.8 Å². The Morgan fingerprint density at radius 1 is 1.00 bits per heavy atom. The lowest BCUT2D eigenvalue weighted by Crippen LogP contribution is -2.21. The summed E-state index contributed by atoms with van der Waals surface area (Å²) in [4.78, 5) is 0. The largest absolute Gasteiger partial charge is 0.380 e. The monoisotopic (exact) mass is 265 g/mol. The molecule has 0 saturated heterocycles. The van der Waals surface area contributed by atoms with E-state index in [4.69, 9.17) is 34.8 Å². The highest BCUT2D eigenvalue weighted by Gasteiger charge is 2.12. The average Bonchev–Trinajstić information content (AvgIpc) is 2.10. The standard InChI is InChI=1S/C11H14Cl3N/c1-6(2)7(3)15-11-9(13)4-8(12)5-10(11)14/h4-7,15H,1-3H3. The zero-order valence-corrected chi connectivity index (χ0v) is 11.2. The molecule has 0 heterocycles. The molecule has 0 aliphatic carbocycles. The van der Waals surface area contributed by atoms with Crippen molar-refractivity contribution in [1.82, 2.24) is 0 Å². The van der Waals surface area contributed by atoms with Gasteiger partial charge in [0.2, 0.25) is 0 Å². The molecule has 0 saturated carbocycles. The van der Waals surface area contributed by atoms with E-state index < -0.39 is 0 Å². The number of hydrogen-bond acceptors (Lipinski definition) is 1.